The van der Waals surface area contributed by atoms with Crippen molar-refractivity contribution in [3.05, 3.63) is 303 Å². The van der Waals surface area contributed by atoms with Crippen LogP contribution in [-0.2, 0) is 0 Å². The fraction of sp³-hybridized carbons (Fsp3) is 0. The molecule has 0 saturated heterocycles. The van der Waals surface area contributed by atoms with Crippen molar-refractivity contribution in [3.63, 3.8) is 0 Å². The second-order valence-corrected chi connectivity index (χ2v) is 21.6. The maximum absolute atomic E-state index is 2.56. The minimum Gasteiger partial charge on any atom is -0.309 e. The van der Waals surface area contributed by atoms with Gasteiger partial charge in [0.05, 0.1) is 55.8 Å². The maximum atomic E-state index is 2.56. The van der Waals surface area contributed by atoms with Crippen LogP contribution < -0.4 is 9.80 Å². The third-order valence-corrected chi connectivity index (χ3v) is 17.1. The number of para-hydroxylation sites is 4. The van der Waals surface area contributed by atoms with E-state index < -0.39 is 0 Å². The Labute approximate surface area is 474 Å². The van der Waals surface area contributed by atoms with Crippen LogP contribution in [0.5, 0.6) is 0 Å². The van der Waals surface area contributed by atoms with Crippen LogP contribution in [0.4, 0.5) is 34.1 Å². The van der Waals surface area contributed by atoms with Crippen LogP contribution in [0.2, 0.25) is 0 Å². The molecule has 4 heteroatoms. The Hall–Kier alpha value is -10.9. The molecule has 382 valence electrons. The highest BCUT2D eigenvalue weighted by molar-refractivity contribution is 6.32. The third kappa shape index (κ3) is 6.92. The number of nitrogens with zero attached hydrogens (tertiary/aromatic N) is 4. The molecular weight excluding hydrogens is 993 g/mol. The van der Waals surface area contributed by atoms with Crippen molar-refractivity contribution in [2.45, 2.75) is 0 Å². The van der Waals surface area contributed by atoms with Crippen molar-refractivity contribution < 1.29 is 0 Å². The predicted molar refractivity (Wildman–Crippen MR) is 347 cm³/mol. The number of anilines is 6. The minimum absolute atomic E-state index is 1.09. The van der Waals surface area contributed by atoms with Gasteiger partial charge in [-0.25, -0.2) is 0 Å². The minimum atomic E-state index is 1.09. The lowest BCUT2D eigenvalue weighted by Gasteiger charge is -2.29. The van der Waals surface area contributed by atoms with Gasteiger partial charge in [-0.05, 0) is 106 Å². The molecule has 0 bridgehead atoms. The highest BCUT2D eigenvalue weighted by atomic mass is 15.2. The molecule has 0 fully saturated rings. The second kappa shape index (κ2) is 18.3. The zero-order chi connectivity index (χ0) is 53.8. The molecule has 0 saturated carbocycles. The van der Waals surface area contributed by atoms with Crippen LogP contribution in [0.1, 0.15) is 0 Å². The van der Waals surface area contributed by atoms with Crippen molar-refractivity contribution in [1.82, 2.24) is 8.80 Å². The average molecular weight is 1040 g/mol. The fourth-order valence-corrected chi connectivity index (χ4v) is 13.6. The Balaban J connectivity index is 0.931. The topological polar surface area (TPSA) is 15.3 Å². The van der Waals surface area contributed by atoms with Crippen molar-refractivity contribution in [2.75, 3.05) is 9.80 Å². The van der Waals surface area contributed by atoms with Crippen molar-refractivity contribution in [2.24, 2.45) is 0 Å². The van der Waals surface area contributed by atoms with Crippen LogP contribution in [0, 0.1) is 0 Å². The van der Waals surface area contributed by atoms with Crippen LogP contribution in [0.3, 0.4) is 0 Å². The monoisotopic (exact) mass is 1040 g/mol. The number of hydrogen-bond acceptors (Lipinski definition) is 2. The van der Waals surface area contributed by atoms with Crippen molar-refractivity contribution >= 4 is 110 Å². The SMILES string of the molecule is c1ccc(-c2ccc(-c3ccccc3)c(N(c3ccccc3)c3ccc4c5cc6c(cc5n5c7ccccc7c3c45)c3ccc(N(c4ccccc4)c4cc(-c5ccccc5)ccc4-c4ccccc4)c4c5ccccc5n6c34)c2)cc1. The Morgan fingerprint density at radius 2 is 0.549 bits per heavy atom. The van der Waals surface area contributed by atoms with Gasteiger partial charge < -0.3 is 18.6 Å². The Bertz CT molecular complexity index is 4910. The number of hydrogen-bond donors (Lipinski definition) is 0. The van der Waals surface area contributed by atoms with Crippen LogP contribution in [-0.4, -0.2) is 8.80 Å². The lowest BCUT2D eigenvalue weighted by Crippen LogP contribution is -2.12. The molecule has 0 unspecified atom stereocenters. The first-order chi connectivity index (χ1) is 40.7. The van der Waals surface area contributed by atoms with E-state index in [2.05, 4.69) is 322 Å². The summed E-state index contributed by atoms with van der Waals surface area (Å²) in [7, 11) is 0. The molecular formula is C78H50N4. The van der Waals surface area contributed by atoms with E-state index in [1.54, 1.807) is 0 Å². The van der Waals surface area contributed by atoms with Crippen molar-refractivity contribution in [1.29, 1.82) is 0 Å². The number of aromatic nitrogens is 2. The molecule has 4 nitrogen and oxygen atoms in total. The van der Waals surface area contributed by atoms with E-state index in [1.165, 1.54) is 110 Å². The van der Waals surface area contributed by atoms with Gasteiger partial charge in [0.1, 0.15) is 0 Å². The molecule has 82 heavy (non-hydrogen) atoms. The van der Waals surface area contributed by atoms with E-state index in [0.29, 0.717) is 0 Å². The van der Waals surface area contributed by atoms with Gasteiger partial charge in [0, 0.05) is 65.6 Å². The zero-order valence-electron chi connectivity index (χ0n) is 44.7. The predicted octanol–water partition coefficient (Wildman–Crippen LogP) is 21.6. The lowest BCUT2D eigenvalue weighted by molar-refractivity contribution is 1.30. The quantitative estimate of drug-likeness (QED) is 0.136. The molecule has 0 aliphatic rings. The molecule has 0 aliphatic carbocycles. The first-order valence-corrected chi connectivity index (χ1v) is 28.3. The lowest BCUT2D eigenvalue weighted by atomic mass is 9.96. The number of fused-ring (bicyclic) bond motifs is 12. The number of benzene rings is 13. The summed E-state index contributed by atoms with van der Waals surface area (Å²) < 4.78 is 5.11. The van der Waals surface area contributed by atoms with Crippen LogP contribution in [0.15, 0.2) is 303 Å². The highest BCUT2D eigenvalue weighted by Crippen LogP contribution is 2.53. The van der Waals surface area contributed by atoms with Crippen LogP contribution in [0.25, 0.3) is 121 Å². The normalized spacial score (nSPS) is 11.9. The second-order valence-electron chi connectivity index (χ2n) is 21.6. The van der Waals surface area contributed by atoms with Gasteiger partial charge >= 0.3 is 0 Å². The van der Waals surface area contributed by atoms with E-state index in [4.69, 9.17) is 0 Å². The van der Waals surface area contributed by atoms with Gasteiger partial charge in [-0.15, -0.1) is 0 Å². The third-order valence-electron chi connectivity index (χ3n) is 17.1. The first kappa shape index (κ1) is 46.0. The molecule has 0 spiro atoms. The molecule has 4 heterocycles. The summed E-state index contributed by atoms with van der Waals surface area (Å²) in [5, 5.41) is 9.81. The summed E-state index contributed by atoms with van der Waals surface area (Å²) in [6.07, 6.45) is 0. The Morgan fingerprint density at radius 3 is 0.939 bits per heavy atom. The van der Waals surface area contributed by atoms with E-state index in [0.717, 1.165) is 45.3 Å². The Kier molecular flexibility index (Phi) is 10.3. The van der Waals surface area contributed by atoms with Gasteiger partial charge in [0.2, 0.25) is 0 Å². The number of rotatable bonds is 10. The first-order valence-electron chi connectivity index (χ1n) is 28.3. The fourth-order valence-electron chi connectivity index (χ4n) is 13.6. The molecule has 0 atom stereocenters. The van der Waals surface area contributed by atoms with Gasteiger partial charge in [0.15, 0.2) is 0 Å². The summed E-state index contributed by atoms with van der Waals surface area (Å²) in [6.45, 7) is 0. The standard InChI is InChI=1S/C78H50N4/c1-7-23-51(24-8-1)55-39-41-59(53-27-11-3-12-28-53)71(47-55)79(57-31-15-5-16-32-57)69-45-43-61-65-49-74-66(50-73(65)81-67-37-21-19-35-63(67)75(69)77(61)81)62-44-46-70(76-64-36-20-22-38-68(64)82(74)78(62)76)80(58-33-17-6-18-34-58)72-48-56(52-25-9-2-10-26-52)40-42-60(72)54-29-13-4-14-30-54/h1-50H. The van der Waals surface area contributed by atoms with E-state index in [-0.39, 0.29) is 0 Å². The highest BCUT2D eigenvalue weighted by Gasteiger charge is 2.30. The Morgan fingerprint density at radius 1 is 0.207 bits per heavy atom. The van der Waals surface area contributed by atoms with E-state index >= 15 is 0 Å². The van der Waals surface area contributed by atoms with Gasteiger partial charge in [-0.3, -0.25) is 0 Å². The molecule has 0 aliphatic heterocycles. The summed E-state index contributed by atoms with van der Waals surface area (Å²) in [4.78, 5) is 5.01. The summed E-state index contributed by atoms with van der Waals surface area (Å²) in [6, 6.07) is 111. The van der Waals surface area contributed by atoms with Crippen LogP contribution >= 0.6 is 0 Å². The average Bonchev–Trinajstić information content (AvgIpc) is 1.93. The summed E-state index contributed by atoms with van der Waals surface area (Å²) >= 11 is 0. The largest absolute Gasteiger partial charge is 0.309 e. The molecule has 0 radical (unpaired) electrons. The van der Waals surface area contributed by atoms with Gasteiger partial charge in [0.25, 0.3) is 0 Å². The molecule has 17 rings (SSSR count). The van der Waals surface area contributed by atoms with Crippen molar-refractivity contribution in [3.8, 4) is 44.5 Å². The molecule has 4 aromatic heterocycles. The van der Waals surface area contributed by atoms with E-state index in [1.807, 2.05) is 0 Å². The van der Waals surface area contributed by atoms with Gasteiger partial charge in [-0.2, -0.15) is 0 Å². The zero-order valence-corrected chi connectivity index (χ0v) is 44.7. The smallest absolute Gasteiger partial charge is 0.0641 e. The maximum Gasteiger partial charge on any atom is 0.0641 e. The molecule has 13 aromatic carbocycles. The molecule has 0 amide bonds. The summed E-state index contributed by atoms with van der Waals surface area (Å²) in [5.74, 6) is 0. The molecule has 0 N–H and O–H groups in total. The molecule has 17 aromatic rings. The summed E-state index contributed by atoms with van der Waals surface area (Å²) in [5.41, 5.74) is 23.3. The van der Waals surface area contributed by atoms with Gasteiger partial charge in [-0.1, -0.05) is 231 Å². The van der Waals surface area contributed by atoms with E-state index in [9.17, 15) is 0 Å².